The minimum Gasteiger partial charge on any atom is -0.366 e. The van der Waals surface area contributed by atoms with Gasteiger partial charge in [0.15, 0.2) is 0 Å². The molecule has 0 aliphatic rings. The highest BCUT2D eigenvalue weighted by Gasteiger charge is 2.08. The fourth-order valence-electron chi connectivity index (χ4n) is 1.59. The van der Waals surface area contributed by atoms with Crippen molar-refractivity contribution in [2.45, 2.75) is 20.4 Å². The zero-order chi connectivity index (χ0) is 13.5. The van der Waals surface area contributed by atoms with Gasteiger partial charge in [-0.1, -0.05) is 12.1 Å². The molecule has 3 amide bonds. The third kappa shape index (κ3) is 3.76. The fourth-order valence-corrected chi connectivity index (χ4v) is 1.59. The predicted molar refractivity (Wildman–Crippen MR) is 70.1 cm³/mol. The number of hydrogen-bond acceptors (Lipinski definition) is 2. The summed E-state index contributed by atoms with van der Waals surface area (Å²) in [6.45, 7) is 5.68. The molecule has 0 fully saturated rings. The van der Waals surface area contributed by atoms with Crippen LogP contribution in [0.25, 0.3) is 0 Å². The lowest BCUT2D eigenvalue weighted by Gasteiger charge is -2.19. The van der Waals surface area contributed by atoms with E-state index in [9.17, 15) is 9.59 Å². The van der Waals surface area contributed by atoms with Crippen molar-refractivity contribution in [1.29, 1.82) is 0 Å². The molecule has 0 aliphatic heterocycles. The number of primary amides is 1. The lowest BCUT2D eigenvalue weighted by atomic mass is 10.1. The zero-order valence-electron chi connectivity index (χ0n) is 10.8. The van der Waals surface area contributed by atoms with Crippen molar-refractivity contribution in [3.8, 4) is 0 Å². The number of urea groups is 1. The van der Waals surface area contributed by atoms with Crippen LogP contribution in [0.5, 0.6) is 0 Å². The Morgan fingerprint density at radius 3 is 2.17 bits per heavy atom. The molecule has 1 aromatic rings. The molecule has 18 heavy (non-hydrogen) atoms. The van der Waals surface area contributed by atoms with Crippen LogP contribution < -0.4 is 11.1 Å². The van der Waals surface area contributed by atoms with Gasteiger partial charge in [-0.2, -0.15) is 0 Å². The Kier molecular flexibility index (Phi) is 5.17. The van der Waals surface area contributed by atoms with E-state index >= 15 is 0 Å². The Hall–Kier alpha value is -2.04. The van der Waals surface area contributed by atoms with Crippen LogP contribution in [0.15, 0.2) is 24.3 Å². The normalized spacial score (nSPS) is 9.89. The Balaban J connectivity index is 2.53. The lowest BCUT2D eigenvalue weighted by molar-refractivity contribution is 0.1000. The summed E-state index contributed by atoms with van der Waals surface area (Å²) in [4.78, 5) is 24.3. The molecule has 5 heteroatoms. The van der Waals surface area contributed by atoms with Crippen LogP contribution in [0.4, 0.5) is 4.79 Å². The number of benzene rings is 1. The summed E-state index contributed by atoms with van der Waals surface area (Å²) >= 11 is 0. The summed E-state index contributed by atoms with van der Waals surface area (Å²) in [5.41, 5.74) is 6.54. The molecule has 1 rings (SSSR count). The average Bonchev–Trinajstić information content (AvgIpc) is 2.38. The Labute approximate surface area is 107 Å². The fraction of sp³-hybridized carbons (Fsp3) is 0.385. The highest BCUT2D eigenvalue weighted by atomic mass is 16.2. The molecule has 0 heterocycles. The van der Waals surface area contributed by atoms with Crippen molar-refractivity contribution in [3.63, 3.8) is 0 Å². The lowest BCUT2D eigenvalue weighted by Crippen LogP contribution is -2.39. The zero-order valence-corrected chi connectivity index (χ0v) is 10.8. The largest absolute Gasteiger partial charge is 0.366 e. The second-order valence-corrected chi connectivity index (χ2v) is 3.89. The van der Waals surface area contributed by atoms with Gasteiger partial charge in [0, 0.05) is 25.2 Å². The van der Waals surface area contributed by atoms with E-state index in [0.717, 1.165) is 5.56 Å². The SMILES string of the molecule is CCN(CC)C(=O)NCc1ccc(C(N)=O)cc1. The second kappa shape index (κ2) is 6.64. The molecule has 0 bridgehead atoms. The first-order valence-corrected chi connectivity index (χ1v) is 6.00. The molecule has 0 saturated heterocycles. The summed E-state index contributed by atoms with van der Waals surface area (Å²) < 4.78 is 0. The van der Waals surface area contributed by atoms with Gasteiger partial charge in [0.2, 0.25) is 5.91 Å². The molecule has 0 aliphatic carbocycles. The number of nitrogens with two attached hydrogens (primary N) is 1. The first kappa shape index (κ1) is 14.0. The van der Waals surface area contributed by atoms with E-state index in [1.807, 2.05) is 13.8 Å². The van der Waals surface area contributed by atoms with Gasteiger partial charge in [-0.3, -0.25) is 4.79 Å². The second-order valence-electron chi connectivity index (χ2n) is 3.89. The minimum absolute atomic E-state index is 0.0843. The van der Waals surface area contributed by atoms with Gasteiger partial charge in [-0.15, -0.1) is 0 Å². The third-order valence-corrected chi connectivity index (χ3v) is 2.73. The van der Waals surface area contributed by atoms with Gasteiger partial charge < -0.3 is 16.0 Å². The maximum absolute atomic E-state index is 11.7. The van der Waals surface area contributed by atoms with Crippen LogP contribution in [0.1, 0.15) is 29.8 Å². The van der Waals surface area contributed by atoms with Crippen LogP contribution in [-0.4, -0.2) is 29.9 Å². The highest BCUT2D eigenvalue weighted by Crippen LogP contribution is 2.03. The number of nitrogens with zero attached hydrogens (tertiary/aromatic N) is 1. The van der Waals surface area contributed by atoms with Crippen LogP contribution in [0.2, 0.25) is 0 Å². The van der Waals surface area contributed by atoms with Gasteiger partial charge in [0.25, 0.3) is 0 Å². The van der Waals surface area contributed by atoms with Crippen LogP contribution >= 0.6 is 0 Å². The van der Waals surface area contributed by atoms with Crippen molar-refractivity contribution in [1.82, 2.24) is 10.2 Å². The molecule has 0 radical (unpaired) electrons. The Morgan fingerprint density at radius 1 is 1.17 bits per heavy atom. The molecule has 0 spiro atoms. The van der Waals surface area contributed by atoms with E-state index in [2.05, 4.69) is 5.32 Å². The first-order valence-electron chi connectivity index (χ1n) is 6.00. The summed E-state index contributed by atoms with van der Waals surface area (Å²) in [6, 6.07) is 6.78. The standard InChI is InChI=1S/C13H19N3O2/c1-3-16(4-2)13(18)15-9-10-5-7-11(8-6-10)12(14)17/h5-8H,3-4,9H2,1-2H3,(H2,14,17)(H,15,18). The summed E-state index contributed by atoms with van der Waals surface area (Å²) in [5.74, 6) is -0.450. The third-order valence-electron chi connectivity index (χ3n) is 2.73. The number of amides is 3. The van der Waals surface area contributed by atoms with Gasteiger partial charge in [-0.25, -0.2) is 4.79 Å². The number of nitrogens with one attached hydrogen (secondary N) is 1. The monoisotopic (exact) mass is 249 g/mol. The van der Waals surface area contributed by atoms with Crippen molar-refractivity contribution in [2.75, 3.05) is 13.1 Å². The van der Waals surface area contributed by atoms with Gasteiger partial charge >= 0.3 is 6.03 Å². The number of carbonyl (C=O) groups is 2. The van der Waals surface area contributed by atoms with Crippen LogP contribution in [0, 0.1) is 0 Å². The minimum atomic E-state index is -0.450. The van der Waals surface area contributed by atoms with Crippen LogP contribution in [0.3, 0.4) is 0 Å². The average molecular weight is 249 g/mol. The molecule has 3 N–H and O–H groups in total. The summed E-state index contributed by atoms with van der Waals surface area (Å²) in [7, 11) is 0. The molecule has 0 saturated carbocycles. The molecule has 5 nitrogen and oxygen atoms in total. The number of hydrogen-bond donors (Lipinski definition) is 2. The van der Waals surface area contributed by atoms with Crippen molar-refractivity contribution >= 4 is 11.9 Å². The highest BCUT2D eigenvalue weighted by molar-refractivity contribution is 5.92. The van der Waals surface area contributed by atoms with E-state index in [1.54, 1.807) is 29.2 Å². The molecule has 98 valence electrons. The van der Waals surface area contributed by atoms with Crippen molar-refractivity contribution in [2.24, 2.45) is 5.73 Å². The Morgan fingerprint density at radius 2 is 1.72 bits per heavy atom. The maximum Gasteiger partial charge on any atom is 0.317 e. The first-order chi connectivity index (χ1) is 8.58. The molecule has 0 aromatic heterocycles. The summed E-state index contributed by atoms with van der Waals surface area (Å²) in [5, 5.41) is 2.82. The number of carbonyl (C=O) groups excluding carboxylic acids is 2. The quantitative estimate of drug-likeness (QED) is 0.826. The molecular formula is C13H19N3O2. The van der Waals surface area contributed by atoms with E-state index in [1.165, 1.54) is 0 Å². The predicted octanol–water partition coefficient (Wildman–Crippen LogP) is 1.34. The molecule has 0 unspecified atom stereocenters. The van der Waals surface area contributed by atoms with E-state index < -0.39 is 5.91 Å². The maximum atomic E-state index is 11.7. The Bertz CT molecular complexity index is 411. The molecular weight excluding hydrogens is 230 g/mol. The van der Waals surface area contributed by atoms with Crippen molar-refractivity contribution < 1.29 is 9.59 Å². The topological polar surface area (TPSA) is 75.4 Å². The molecule has 0 atom stereocenters. The van der Waals surface area contributed by atoms with Crippen molar-refractivity contribution in [3.05, 3.63) is 35.4 Å². The van der Waals surface area contributed by atoms with E-state index in [0.29, 0.717) is 25.2 Å². The van der Waals surface area contributed by atoms with Gasteiger partial charge in [0.1, 0.15) is 0 Å². The number of rotatable bonds is 5. The molecule has 1 aromatic carbocycles. The van der Waals surface area contributed by atoms with Crippen LogP contribution in [-0.2, 0) is 6.54 Å². The van der Waals surface area contributed by atoms with E-state index in [-0.39, 0.29) is 6.03 Å². The van der Waals surface area contributed by atoms with Gasteiger partial charge in [-0.05, 0) is 31.5 Å². The smallest absolute Gasteiger partial charge is 0.317 e. The van der Waals surface area contributed by atoms with Gasteiger partial charge in [0.05, 0.1) is 0 Å². The summed E-state index contributed by atoms with van der Waals surface area (Å²) in [6.07, 6.45) is 0. The van der Waals surface area contributed by atoms with E-state index in [4.69, 9.17) is 5.73 Å².